The van der Waals surface area contributed by atoms with Crippen molar-refractivity contribution in [1.82, 2.24) is 10.3 Å². The normalized spacial score (nSPS) is 16.9. The lowest BCUT2D eigenvalue weighted by Gasteiger charge is -2.27. The van der Waals surface area contributed by atoms with Crippen molar-refractivity contribution in [3.63, 3.8) is 0 Å². The van der Waals surface area contributed by atoms with Gasteiger partial charge in [0.2, 0.25) is 15.7 Å². The number of rotatable bonds is 16. The van der Waals surface area contributed by atoms with Crippen molar-refractivity contribution in [2.24, 2.45) is 5.14 Å². The number of sulfonamides is 1. The highest BCUT2D eigenvalue weighted by Crippen LogP contribution is 2.49. The maximum atomic E-state index is 13.3. The van der Waals surface area contributed by atoms with Crippen LogP contribution < -0.4 is 15.4 Å². The van der Waals surface area contributed by atoms with E-state index >= 15 is 0 Å². The maximum absolute atomic E-state index is 13.3. The van der Waals surface area contributed by atoms with E-state index in [0.29, 0.717) is 33.8 Å². The molecular formula is C45H52N5O9S3+. The standard InChI is InChI=1S/C45H51N5O9S3/c1-6-7-25-49-39-12-9-8-11-36(39)44(2,3)41(49)23-16-32(38-21-15-33(30-47-38)43(51)48-29-31-13-18-34(19-14-31)61(46,55)56)17-24-42-45(4,5)37-28-35(62(57,58)59)20-22-40(37)50(42)26-10-27-60(52,53)54/h8-9,11-24,28,30H,6-7,10,25-27,29H2,1-5H3,(H4-,46,48,51,52,53,54,55,56,57,58,59)/p+1. The number of unbranched alkanes of at least 4 members (excludes halogenated alkanes) is 1. The van der Waals surface area contributed by atoms with E-state index in [9.17, 15) is 39.2 Å². The van der Waals surface area contributed by atoms with Gasteiger partial charge in [0, 0.05) is 65.8 Å². The number of anilines is 1. The molecule has 0 aliphatic carbocycles. The van der Waals surface area contributed by atoms with Crippen molar-refractivity contribution in [2.75, 3.05) is 23.7 Å². The third-order valence-electron chi connectivity index (χ3n) is 11.3. The molecule has 1 aromatic heterocycles. The van der Waals surface area contributed by atoms with Crippen molar-refractivity contribution < 1.29 is 43.7 Å². The van der Waals surface area contributed by atoms with Gasteiger partial charge < -0.3 is 10.2 Å². The molecule has 2 aliphatic heterocycles. The van der Waals surface area contributed by atoms with Crippen LogP contribution in [0.1, 0.15) is 86.6 Å². The molecule has 17 heteroatoms. The number of pyridine rings is 1. The Morgan fingerprint density at radius 2 is 1.56 bits per heavy atom. The van der Waals surface area contributed by atoms with Gasteiger partial charge in [0.05, 0.1) is 32.2 Å². The van der Waals surface area contributed by atoms with Gasteiger partial charge in [0.1, 0.15) is 6.54 Å². The van der Waals surface area contributed by atoms with Crippen LogP contribution in [0.15, 0.2) is 125 Å². The van der Waals surface area contributed by atoms with Gasteiger partial charge in [-0.25, -0.2) is 13.6 Å². The zero-order chi connectivity index (χ0) is 45.3. The van der Waals surface area contributed by atoms with Crippen LogP contribution >= 0.6 is 0 Å². The molecule has 6 rings (SSSR count). The van der Waals surface area contributed by atoms with E-state index in [1.165, 1.54) is 36.0 Å². The van der Waals surface area contributed by atoms with Crippen molar-refractivity contribution in [1.29, 1.82) is 0 Å². The fourth-order valence-electron chi connectivity index (χ4n) is 8.00. The van der Waals surface area contributed by atoms with Gasteiger partial charge in [0.25, 0.3) is 26.1 Å². The zero-order valence-electron chi connectivity index (χ0n) is 35.2. The minimum absolute atomic E-state index is 0.0359. The monoisotopic (exact) mass is 902 g/mol. The highest BCUT2D eigenvalue weighted by Gasteiger charge is 2.44. The van der Waals surface area contributed by atoms with Crippen molar-refractivity contribution in [2.45, 2.75) is 81.0 Å². The second-order valence-corrected chi connectivity index (χ2v) is 21.0. The Kier molecular flexibility index (Phi) is 13.3. The number of fused-ring (bicyclic) bond motifs is 2. The molecule has 5 N–H and O–H groups in total. The summed E-state index contributed by atoms with van der Waals surface area (Å²) in [6.07, 6.45) is 11.3. The van der Waals surface area contributed by atoms with E-state index in [-0.39, 0.29) is 40.3 Å². The second kappa shape index (κ2) is 17.8. The number of para-hydroxylation sites is 1. The quantitative estimate of drug-likeness (QED) is 0.0528. The summed E-state index contributed by atoms with van der Waals surface area (Å²) in [5, 5.41) is 8.03. The van der Waals surface area contributed by atoms with Crippen LogP contribution in [0, 0.1) is 0 Å². The first kappa shape index (κ1) is 46.2. The molecule has 2 aliphatic rings. The molecule has 0 radical (unpaired) electrons. The van der Waals surface area contributed by atoms with Crippen LogP contribution in [-0.4, -0.2) is 74.4 Å². The molecule has 0 bridgehead atoms. The molecular weight excluding hydrogens is 851 g/mol. The lowest BCUT2D eigenvalue weighted by Crippen LogP contribution is -2.28. The van der Waals surface area contributed by atoms with Crippen molar-refractivity contribution in [3.05, 3.63) is 143 Å². The Morgan fingerprint density at radius 3 is 2.19 bits per heavy atom. The molecule has 62 heavy (non-hydrogen) atoms. The largest absolute Gasteiger partial charge is 0.348 e. The third-order valence-corrected chi connectivity index (χ3v) is 13.9. The van der Waals surface area contributed by atoms with Gasteiger partial charge in [-0.1, -0.05) is 63.6 Å². The topological polar surface area (TPSA) is 217 Å². The Balaban J connectivity index is 1.42. The molecule has 14 nitrogen and oxygen atoms in total. The Bertz CT molecular complexity index is 2850. The SMILES string of the molecule is CCCC[N+]1=C(/C=C/C(=C/C=C2/N(CCCS(=O)(=O)O)c3ccc(S(=O)(=O)O)cc3C2(C)C)c2ccc(C(=O)NCc3ccc(S(N)(=O)=O)cc3)cn2)C(C)(C)c2ccccc21. The average Bonchev–Trinajstić information content (AvgIpc) is 3.55. The number of benzene rings is 3. The first-order valence-electron chi connectivity index (χ1n) is 20.1. The number of nitrogens with two attached hydrogens (primary N) is 1. The van der Waals surface area contributed by atoms with Crippen molar-refractivity contribution in [3.8, 4) is 0 Å². The number of allylic oxidation sites excluding steroid dienone is 6. The number of aromatic nitrogens is 1. The molecule has 3 aromatic carbocycles. The number of nitrogens with one attached hydrogen (secondary N) is 1. The van der Waals surface area contributed by atoms with E-state index in [0.717, 1.165) is 30.8 Å². The smallest absolute Gasteiger partial charge is 0.294 e. The number of hydrogen-bond donors (Lipinski definition) is 4. The highest BCUT2D eigenvalue weighted by molar-refractivity contribution is 7.89. The molecule has 1 amide bonds. The van der Waals surface area contributed by atoms with Crippen LogP contribution in [0.25, 0.3) is 5.57 Å². The molecule has 0 fully saturated rings. The summed E-state index contributed by atoms with van der Waals surface area (Å²) in [6, 6.07) is 21.9. The van der Waals surface area contributed by atoms with Gasteiger partial charge in [0.15, 0.2) is 5.71 Å². The van der Waals surface area contributed by atoms with E-state index in [1.807, 2.05) is 49.1 Å². The van der Waals surface area contributed by atoms with Gasteiger partial charge in [-0.2, -0.15) is 21.4 Å². The Labute approximate surface area is 364 Å². The molecule has 328 valence electrons. The lowest BCUT2D eigenvalue weighted by atomic mass is 9.81. The van der Waals surface area contributed by atoms with E-state index in [1.54, 1.807) is 30.3 Å². The highest BCUT2D eigenvalue weighted by atomic mass is 32.2. The average molecular weight is 903 g/mol. The molecule has 0 saturated carbocycles. The van der Waals surface area contributed by atoms with E-state index in [2.05, 4.69) is 48.9 Å². The number of amides is 1. The summed E-state index contributed by atoms with van der Waals surface area (Å²) < 4.78 is 92.9. The van der Waals surface area contributed by atoms with E-state index in [4.69, 9.17) is 10.1 Å². The number of primary sulfonamides is 1. The first-order valence-corrected chi connectivity index (χ1v) is 24.7. The summed E-state index contributed by atoms with van der Waals surface area (Å²) >= 11 is 0. The summed E-state index contributed by atoms with van der Waals surface area (Å²) in [4.78, 5) is 19.5. The molecule has 3 heterocycles. The predicted octanol–water partition coefficient (Wildman–Crippen LogP) is 6.68. The summed E-state index contributed by atoms with van der Waals surface area (Å²) in [7, 11) is -12.7. The maximum Gasteiger partial charge on any atom is 0.294 e. The molecule has 0 saturated heterocycles. The number of carbonyl (C=O) groups excluding carboxylic acids is 1. The van der Waals surface area contributed by atoms with Gasteiger partial charge in [-0.05, 0) is 86.0 Å². The number of nitrogens with zero attached hydrogens (tertiary/aromatic N) is 3. The Hall–Kier alpha value is -5.30. The van der Waals surface area contributed by atoms with Crippen molar-refractivity contribution >= 4 is 58.8 Å². The van der Waals surface area contributed by atoms with Crippen LogP contribution in [0.2, 0.25) is 0 Å². The van der Waals surface area contributed by atoms with Crippen LogP contribution in [-0.2, 0) is 47.6 Å². The summed E-state index contributed by atoms with van der Waals surface area (Å²) in [5.41, 5.74) is 6.30. The fraction of sp³-hybridized carbons (Fsp3) is 0.311. The molecule has 4 aromatic rings. The van der Waals surface area contributed by atoms with Crippen LogP contribution in [0.5, 0.6) is 0 Å². The lowest BCUT2D eigenvalue weighted by molar-refractivity contribution is -0.438. The first-order chi connectivity index (χ1) is 29.0. The summed E-state index contributed by atoms with van der Waals surface area (Å²) in [5.74, 6) is -0.884. The third kappa shape index (κ3) is 10.1. The number of carbonyl (C=O) groups is 1. The second-order valence-electron chi connectivity index (χ2n) is 16.4. The minimum atomic E-state index is -4.54. The van der Waals surface area contributed by atoms with Gasteiger partial charge in [-0.3, -0.25) is 18.9 Å². The zero-order valence-corrected chi connectivity index (χ0v) is 37.7. The molecule has 0 atom stereocenters. The van der Waals surface area contributed by atoms with Crippen LogP contribution in [0.3, 0.4) is 0 Å². The predicted molar refractivity (Wildman–Crippen MR) is 240 cm³/mol. The molecule has 0 unspecified atom stereocenters. The fourth-order valence-corrected chi connectivity index (χ4v) is 9.52. The number of hydrogen-bond acceptors (Lipinski definition) is 9. The summed E-state index contributed by atoms with van der Waals surface area (Å²) in [6.45, 7) is 11.4. The van der Waals surface area contributed by atoms with Crippen LogP contribution in [0.4, 0.5) is 11.4 Å². The van der Waals surface area contributed by atoms with E-state index < -0.39 is 47.3 Å². The van der Waals surface area contributed by atoms with Gasteiger partial charge in [-0.15, -0.1) is 0 Å². The molecule has 0 spiro atoms. The van der Waals surface area contributed by atoms with Gasteiger partial charge >= 0.3 is 0 Å². The minimum Gasteiger partial charge on any atom is -0.348 e. The Morgan fingerprint density at radius 1 is 0.871 bits per heavy atom.